The number of rotatable bonds is 5. The maximum Gasteiger partial charge on any atom is 0.354 e. The Morgan fingerprint density at radius 1 is 1.11 bits per heavy atom. The molecule has 0 aliphatic carbocycles. The molecule has 2 heterocycles. The van der Waals surface area contributed by atoms with Crippen LogP contribution in [-0.2, 0) is 11.3 Å². The zero-order valence-corrected chi connectivity index (χ0v) is 14.8. The van der Waals surface area contributed by atoms with Crippen molar-refractivity contribution in [3.8, 4) is 5.75 Å². The lowest BCUT2D eigenvalue weighted by Gasteiger charge is -2.30. The summed E-state index contributed by atoms with van der Waals surface area (Å²) < 4.78 is 11.4. The van der Waals surface area contributed by atoms with Gasteiger partial charge in [-0.3, -0.25) is 0 Å². The Morgan fingerprint density at radius 3 is 2.63 bits per heavy atom. The van der Waals surface area contributed by atoms with Crippen LogP contribution in [0.3, 0.4) is 0 Å². The van der Waals surface area contributed by atoms with Gasteiger partial charge in [-0.2, -0.15) is 0 Å². The largest absolute Gasteiger partial charge is 0.487 e. The normalized spacial score (nSPS) is 14.3. The van der Waals surface area contributed by atoms with Gasteiger partial charge in [0.1, 0.15) is 17.9 Å². The molecule has 1 saturated heterocycles. The summed E-state index contributed by atoms with van der Waals surface area (Å²) in [6.45, 7) is 3.07. The number of ether oxygens (including phenoxy) is 2. The number of aromatic carboxylic acids is 1. The van der Waals surface area contributed by atoms with Crippen LogP contribution in [0.2, 0.25) is 0 Å². The van der Waals surface area contributed by atoms with Crippen molar-refractivity contribution in [1.82, 2.24) is 4.98 Å². The first-order valence-corrected chi connectivity index (χ1v) is 8.89. The highest BCUT2D eigenvalue weighted by molar-refractivity contribution is 5.99. The van der Waals surface area contributed by atoms with E-state index in [9.17, 15) is 9.90 Å². The molecule has 1 N–H and O–H groups in total. The van der Waals surface area contributed by atoms with Gasteiger partial charge < -0.3 is 19.5 Å². The fourth-order valence-corrected chi connectivity index (χ4v) is 3.23. The number of nitrogens with zero attached hydrogens (tertiary/aromatic N) is 2. The van der Waals surface area contributed by atoms with E-state index in [-0.39, 0.29) is 5.69 Å². The van der Waals surface area contributed by atoms with Crippen LogP contribution in [0.1, 0.15) is 16.1 Å². The number of para-hydroxylation sites is 1. The first-order valence-electron chi connectivity index (χ1n) is 8.89. The molecule has 0 atom stereocenters. The van der Waals surface area contributed by atoms with Gasteiger partial charge in [0.2, 0.25) is 0 Å². The molecule has 3 aromatic rings. The van der Waals surface area contributed by atoms with Crippen molar-refractivity contribution in [2.45, 2.75) is 6.61 Å². The molecule has 0 saturated carbocycles. The third-order valence-corrected chi connectivity index (χ3v) is 4.59. The second-order valence-electron chi connectivity index (χ2n) is 6.36. The van der Waals surface area contributed by atoms with Crippen molar-refractivity contribution in [3.63, 3.8) is 0 Å². The number of carbonyl (C=O) groups is 1. The van der Waals surface area contributed by atoms with Crippen LogP contribution in [0.5, 0.6) is 5.75 Å². The first kappa shape index (κ1) is 17.3. The number of benzene rings is 2. The van der Waals surface area contributed by atoms with E-state index < -0.39 is 5.97 Å². The number of morpholine rings is 1. The Kier molecular flexibility index (Phi) is 4.89. The highest BCUT2D eigenvalue weighted by Crippen LogP contribution is 2.33. The van der Waals surface area contributed by atoms with Gasteiger partial charge in [-0.15, -0.1) is 0 Å². The van der Waals surface area contributed by atoms with E-state index in [1.165, 1.54) is 0 Å². The number of fused-ring (bicyclic) bond motifs is 1. The second kappa shape index (κ2) is 7.63. The minimum absolute atomic E-state index is 0.0137. The van der Waals surface area contributed by atoms with Crippen LogP contribution in [0.4, 0.5) is 5.69 Å². The van der Waals surface area contributed by atoms with E-state index in [0.717, 1.165) is 16.6 Å². The van der Waals surface area contributed by atoms with Gasteiger partial charge >= 0.3 is 5.97 Å². The minimum Gasteiger partial charge on any atom is -0.487 e. The van der Waals surface area contributed by atoms with Gasteiger partial charge in [0.25, 0.3) is 0 Å². The van der Waals surface area contributed by atoms with Crippen molar-refractivity contribution in [2.24, 2.45) is 0 Å². The number of hydrogen-bond acceptors (Lipinski definition) is 5. The van der Waals surface area contributed by atoms with Crippen molar-refractivity contribution in [1.29, 1.82) is 0 Å². The maximum atomic E-state index is 11.6. The van der Waals surface area contributed by atoms with Gasteiger partial charge in [0, 0.05) is 24.2 Å². The van der Waals surface area contributed by atoms with Crippen LogP contribution in [-0.4, -0.2) is 42.4 Å². The van der Waals surface area contributed by atoms with Crippen LogP contribution in [0.25, 0.3) is 10.9 Å². The monoisotopic (exact) mass is 364 g/mol. The van der Waals surface area contributed by atoms with Gasteiger partial charge in [-0.05, 0) is 17.7 Å². The van der Waals surface area contributed by atoms with Crippen molar-refractivity contribution >= 4 is 22.6 Å². The smallest absolute Gasteiger partial charge is 0.354 e. The SMILES string of the molecule is O=C(O)c1cc(N2CCOCC2)c2cccc(OCc3ccccc3)c2n1. The van der Waals surface area contributed by atoms with E-state index in [1.54, 1.807) is 6.07 Å². The molecule has 1 aliphatic rings. The summed E-state index contributed by atoms with van der Waals surface area (Å²) in [6.07, 6.45) is 0. The van der Waals surface area contributed by atoms with Crippen LogP contribution in [0.15, 0.2) is 54.6 Å². The summed E-state index contributed by atoms with van der Waals surface area (Å²) in [4.78, 5) is 18.1. The standard InChI is InChI=1S/C21H20N2O4/c24-21(25)17-13-18(23-9-11-26-12-10-23)16-7-4-8-19(20(16)22-17)27-14-15-5-2-1-3-6-15/h1-8,13H,9-12,14H2,(H,24,25). The average molecular weight is 364 g/mol. The predicted octanol–water partition coefficient (Wildman–Crippen LogP) is 3.35. The molecule has 1 aromatic heterocycles. The van der Waals surface area contributed by atoms with E-state index in [4.69, 9.17) is 9.47 Å². The maximum absolute atomic E-state index is 11.6. The van der Waals surface area contributed by atoms with E-state index >= 15 is 0 Å². The topological polar surface area (TPSA) is 71.9 Å². The van der Waals surface area contributed by atoms with Gasteiger partial charge in [0.05, 0.1) is 13.2 Å². The summed E-state index contributed by atoms with van der Waals surface area (Å²) in [5.74, 6) is -0.474. The third-order valence-electron chi connectivity index (χ3n) is 4.59. The predicted molar refractivity (Wildman–Crippen MR) is 103 cm³/mol. The summed E-state index contributed by atoms with van der Waals surface area (Å²) in [5.41, 5.74) is 2.47. The Balaban J connectivity index is 1.76. The molecule has 138 valence electrons. The van der Waals surface area contributed by atoms with E-state index in [0.29, 0.717) is 44.2 Å². The van der Waals surface area contributed by atoms with Gasteiger partial charge in [-0.25, -0.2) is 9.78 Å². The number of hydrogen-bond donors (Lipinski definition) is 1. The van der Waals surface area contributed by atoms with E-state index in [1.807, 2.05) is 48.5 Å². The van der Waals surface area contributed by atoms with Crippen molar-refractivity contribution < 1.29 is 19.4 Å². The minimum atomic E-state index is -1.05. The van der Waals surface area contributed by atoms with Crippen LogP contribution < -0.4 is 9.64 Å². The average Bonchev–Trinajstić information content (AvgIpc) is 2.72. The number of carboxylic acids is 1. The molecular formula is C21H20N2O4. The summed E-state index contributed by atoms with van der Waals surface area (Å²) in [6, 6.07) is 17.2. The molecule has 0 radical (unpaired) electrons. The molecule has 0 amide bonds. The quantitative estimate of drug-likeness (QED) is 0.749. The number of carboxylic acid groups (broad SMARTS) is 1. The Morgan fingerprint density at radius 2 is 1.89 bits per heavy atom. The molecular weight excluding hydrogens is 344 g/mol. The van der Waals surface area contributed by atoms with Crippen molar-refractivity contribution in [2.75, 3.05) is 31.2 Å². The summed E-state index contributed by atoms with van der Waals surface area (Å²) in [7, 11) is 0. The van der Waals surface area contributed by atoms with Crippen LogP contribution >= 0.6 is 0 Å². The Hall–Kier alpha value is -3.12. The Labute approximate surface area is 157 Å². The lowest BCUT2D eigenvalue weighted by Crippen LogP contribution is -2.36. The van der Waals surface area contributed by atoms with Gasteiger partial charge in [0.15, 0.2) is 5.69 Å². The summed E-state index contributed by atoms with van der Waals surface area (Å²) in [5, 5.41) is 10.4. The highest BCUT2D eigenvalue weighted by atomic mass is 16.5. The molecule has 6 heteroatoms. The first-order chi connectivity index (χ1) is 13.2. The third kappa shape index (κ3) is 3.71. The number of anilines is 1. The molecule has 4 rings (SSSR count). The number of aromatic nitrogens is 1. The molecule has 6 nitrogen and oxygen atoms in total. The van der Waals surface area contributed by atoms with Crippen LogP contribution in [0, 0.1) is 0 Å². The lowest BCUT2D eigenvalue weighted by atomic mass is 10.1. The second-order valence-corrected chi connectivity index (χ2v) is 6.36. The van der Waals surface area contributed by atoms with Gasteiger partial charge in [-0.1, -0.05) is 42.5 Å². The molecule has 27 heavy (non-hydrogen) atoms. The molecule has 0 unspecified atom stereocenters. The highest BCUT2D eigenvalue weighted by Gasteiger charge is 2.19. The van der Waals surface area contributed by atoms with Crippen molar-refractivity contribution in [3.05, 3.63) is 65.9 Å². The zero-order valence-electron chi connectivity index (χ0n) is 14.8. The fraction of sp³-hybridized carbons (Fsp3) is 0.238. The Bertz CT molecular complexity index is 953. The summed E-state index contributed by atoms with van der Waals surface area (Å²) >= 11 is 0. The molecule has 1 aliphatic heterocycles. The molecule has 0 bridgehead atoms. The number of pyridine rings is 1. The molecule has 2 aromatic carbocycles. The molecule has 0 spiro atoms. The molecule has 1 fully saturated rings. The fourth-order valence-electron chi connectivity index (χ4n) is 3.23. The lowest BCUT2D eigenvalue weighted by molar-refractivity contribution is 0.0691. The van der Waals surface area contributed by atoms with E-state index in [2.05, 4.69) is 9.88 Å². The zero-order chi connectivity index (χ0) is 18.6.